The van der Waals surface area contributed by atoms with Crippen molar-refractivity contribution < 1.29 is 4.74 Å². The van der Waals surface area contributed by atoms with Crippen molar-refractivity contribution in [3.63, 3.8) is 0 Å². The highest BCUT2D eigenvalue weighted by Crippen LogP contribution is 2.30. The third-order valence-electron chi connectivity index (χ3n) is 1.77. The first kappa shape index (κ1) is 10.3. The summed E-state index contributed by atoms with van der Waals surface area (Å²) < 4.78 is 6.41. The van der Waals surface area contributed by atoms with Crippen LogP contribution in [-0.2, 0) is 0 Å². The summed E-state index contributed by atoms with van der Waals surface area (Å²) in [5, 5.41) is 0. The predicted molar refractivity (Wildman–Crippen MR) is 56.7 cm³/mol. The fraction of sp³-hybridized carbons (Fsp3) is 0.444. The minimum Gasteiger partial charge on any atom is -0.487 e. The molecule has 13 heavy (non-hydrogen) atoms. The number of nitrogens with two attached hydrogens (primary N) is 1. The summed E-state index contributed by atoms with van der Waals surface area (Å²) >= 11 is 3.34. The minimum absolute atomic E-state index is 0.168. The molecule has 0 bridgehead atoms. The van der Waals surface area contributed by atoms with E-state index in [2.05, 4.69) is 27.8 Å². The van der Waals surface area contributed by atoms with Gasteiger partial charge in [-0.1, -0.05) is 6.92 Å². The van der Waals surface area contributed by atoms with Gasteiger partial charge in [-0.2, -0.15) is 0 Å². The molecular formula is C9H13BrN2O. The van der Waals surface area contributed by atoms with Crippen molar-refractivity contribution in [1.29, 1.82) is 0 Å². The van der Waals surface area contributed by atoms with E-state index in [-0.39, 0.29) is 6.10 Å². The Kier molecular flexibility index (Phi) is 3.54. The smallest absolute Gasteiger partial charge is 0.159 e. The Hall–Kier alpha value is -0.770. The molecule has 0 aliphatic heterocycles. The van der Waals surface area contributed by atoms with Crippen molar-refractivity contribution in [2.75, 3.05) is 5.73 Å². The van der Waals surface area contributed by atoms with E-state index in [1.54, 1.807) is 12.4 Å². The number of rotatable bonds is 3. The zero-order chi connectivity index (χ0) is 9.84. The second kappa shape index (κ2) is 4.46. The molecule has 0 spiro atoms. The maximum Gasteiger partial charge on any atom is 0.159 e. The van der Waals surface area contributed by atoms with Gasteiger partial charge in [0.2, 0.25) is 0 Å². The van der Waals surface area contributed by atoms with Gasteiger partial charge in [0.05, 0.1) is 22.5 Å². The SMILES string of the molecule is CCC(C)Oc1c(N)cncc1Br. The molecule has 72 valence electrons. The lowest BCUT2D eigenvalue weighted by Gasteiger charge is -2.15. The number of pyridine rings is 1. The molecule has 0 aliphatic carbocycles. The van der Waals surface area contributed by atoms with Crippen molar-refractivity contribution in [3.8, 4) is 5.75 Å². The predicted octanol–water partition coefficient (Wildman–Crippen LogP) is 2.60. The van der Waals surface area contributed by atoms with Gasteiger partial charge in [-0.25, -0.2) is 0 Å². The van der Waals surface area contributed by atoms with E-state index in [4.69, 9.17) is 10.5 Å². The Labute approximate surface area is 86.4 Å². The summed E-state index contributed by atoms with van der Waals surface area (Å²) in [6, 6.07) is 0. The number of aromatic nitrogens is 1. The molecule has 0 saturated carbocycles. The van der Waals surface area contributed by atoms with Crippen LogP contribution in [0, 0.1) is 0 Å². The van der Waals surface area contributed by atoms with Crippen LogP contribution in [0.3, 0.4) is 0 Å². The largest absolute Gasteiger partial charge is 0.487 e. The molecule has 1 unspecified atom stereocenters. The van der Waals surface area contributed by atoms with Crippen molar-refractivity contribution in [2.24, 2.45) is 0 Å². The number of nitrogen functional groups attached to an aromatic ring is 1. The second-order valence-corrected chi connectivity index (χ2v) is 3.73. The quantitative estimate of drug-likeness (QED) is 0.890. The topological polar surface area (TPSA) is 48.1 Å². The van der Waals surface area contributed by atoms with Crippen LogP contribution in [-0.4, -0.2) is 11.1 Å². The van der Waals surface area contributed by atoms with E-state index in [0.29, 0.717) is 11.4 Å². The van der Waals surface area contributed by atoms with Crippen molar-refractivity contribution in [3.05, 3.63) is 16.9 Å². The molecule has 1 aromatic rings. The Balaban J connectivity index is 2.87. The zero-order valence-corrected chi connectivity index (χ0v) is 9.34. The molecule has 0 radical (unpaired) electrons. The molecule has 1 rings (SSSR count). The Bertz CT molecular complexity index is 271. The van der Waals surface area contributed by atoms with Gasteiger partial charge < -0.3 is 10.5 Å². The third kappa shape index (κ3) is 2.59. The number of ether oxygens (including phenoxy) is 1. The highest BCUT2D eigenvalue weighted by atomic mass is 79.9. The molecule has 1 atom stereocenters. The van der Waals surface area contributed by atoms with Gasteiger partial charge in [-0.05, 0) is 29.3 Å². The summed E-state index contributed by atoms with van der Waals surface area (Å²) in [6.07, 6.45) is 4.38. The molecular weight excluding hydrogens is 232 g/mol. The van der Waals surface area contributed by atoms with E-state index >= 15 is 0 Å². The molecule has 2 N–H and O–H groups in total. The normalized spacial score (nSPS) is 12.5. The number of nitrogens with zero attached hydrogens (tertiary/aromatic N) is 1. The van der Waals surface area contributed by atoms with Crippen LogP contribution in [0.2, 0.25) is 0 Å². The summed E-state index contributed by atoms with van der Waals surface area (Å²) in [7, 11) is 0. The minimum atomic E-state index is 0.168. The fourth-order valence-electron chi connectivity index (χ4n) is 0.847. The zero-order valence-electron chi connectivity index (χ0n) is 7.75. The first-order valence-electron chi connectivity index (χ1n) is 4.20. The molecule has 3 nitrogen and oxygen atoms in total. The summed E-state index contributed by atoms with van der Waals surface area (Å²) in [4.78, 5) is 3.93. The number of halogens is 1. The van der Waals surface area contributed by atoms with E-state index in [1.165, 1.54) is 0 Å². The van der Waals surface area contributed by atoms with Crippen LogP contribution >= 0.6 is 15.9 Å². The summed E-state index contributed by atoms with van der Waals surface area (Å²) in [6.45, 7) is 4.07. The Morgan fingerprint density at radius 3 is 2.85 bits per heavy atom. The van der Waals surface area contributed by atoms with Crippen LogP contribution < -0.4 is 10.5 Å². The fourth-order valence-corrected chi connectivity index (χ4v) is 1.29. The lowest BCUT2D eigenvalue weighted by atomic mass is 10.3. The first-order chi connectivity index (χ1) is 6.15. The van der Waals surface area contributed by atoms with Gasteiger partial charge in [-0.15, -0.1) is 0 Å². The highest BCUT2D eigenvalue weighted by Gasteiger charge is 2.08. The molecule has 0 saturated heterocycles. The van der Waals surface area contributed by atoms with Gasteiger partial charge in [0.25, 0.3) is 0 Å². The van der Waals surface area contributed by atoms with Crippen LogP contribution in [0.25, 0.3) is 0 Å². The van der Waals surface area contributed by atoms with Gasteiger partial charge >= 0.3 is 0 Å². The lowest BCUT2D eigenvalue weighted by molar-refractivity contribution is 0.217. The standard InChI is InChI=1S/C9H13BrN2O/c1-3-6(2)13-9-7(10)4-12-5-8(9)11/h4-6H,3,11H2,1-2H3. The van der Waals surface area contributed by atoms with E-state index in [1.807, 2.05) is 6.92 Å². The molecule has 1 aromatic heterocycles. The number of hydrogen-bond acceptors (Lipinski definition) is 3. The highest BCUT2D eigenvalue weighted by molar-refractivity contribution is 9.10. The average Bonchev–Trinajstić information content (AvgIpc) is 2.11. The van der Waals surface area contributed by atoms with Gasteiger partial charge in [0.1, 0.15) is 0 Å². The van der Waals surface area contributed by atoms with Crippen LogP contribution in [0.5, 0.6) is 5.75 Å². The molecule has 0 aromatic carbocycles. The first-order valence-corrected chi connectivity index (χ1v) is 5.00. The second-order valence-electron chi connectivity index (χ2n) is 2.88. The average molecular weight is 245 g/mol. The lowest BCUT2D eigenvalue weighted by Crippen LogP contribution is -2.11. The Morgan fingerprint density at radius 2 is 2.31 bits per heavy atom. The van der Waals surface area contributed by atoms with E-state index < -0.39 is 0 Å². The third-order valence-corrected chi connectivity index (χ3v) is 2.34. The summed E-state index contributed by atoms with van der Waals surface area (Å²) in [5.41, 5.74) is 6.27. The van der Waals surface area contributed by atoms with Crippen molar-refractivity contribution in [2.45, 2.75) is 26.4 Å². The maximum absolute atomic E-state index is 5.71. The van der Waals surface area contributed by atoms with E-state index in [9.17, 15) is 0 Å². The monoisotopic (exact) mass is 244 g/mol. The van der Waals surface area contributed by atoms with Crippen LogP contribution in [0.15, 0.2) is 16.9 Å². The van der Waals surface area contributed by atoms with E-state index in [0.717, 1.165) is 10.9 Å². The molecule has 0 fully saturated rings. The molecule has 4 heteroatoms. The van der Waals surface area contributed by atoms with Crippen LogP contribution in [0.4, 0.5) is 5.69 Å². The number of anilines is 1. The maximum atomic E-state index is 5.71. The molecule has 0 amide bonds. The van der Waals surface area contributed by atoms with Crippen LogP contribution in [0.1, 0.15) is 20.3 Å². The van der Waals surface area contributed by atoms with Crippen molar-refractivity contribution >= 4 is 21.6 Å². The summed E-state index contributed by atoms with van der Waals surface area (Å²) in [5.74, 6) is 0.685. The van der Waals surface area contributed by atoms with Gasteiger partial charge in [0.15, 0.2) is 5.75 Å². The molecule has 1 heterocycles. The Morgan fingerprint density at radius 1 is 1.62 bits per heavy atom. The molecule has 0 aliphatic rings. The van der Waals surface area contributed by atoms with Gasteiger partial charge in [-0.3, -0.25) is 4.98 Å². The van der Waals surface area contributed by atoms with Crippen molar-refractivity contribution in [1.82, 2.24) is 4.98 Å². The number of hydrogen-bond donors (Lipinski definition) is 1. The van der Waals surface area contributed by atoms with Gasteiger partial charge in [0, 0.05) is 6.20 Å².